The summed E-state index contributed by atoms with van der Waals surface area (Å²) in [5, 5.41) is 10.2. The molecule has 0 atom stereocenters. The number of hydrogen-bond acceptors (Lipinski definition) is 5. The van der Waals surface area contributed by atoms with Gasteiger partial charge in [-0.15, -0.1) is 0 Å². The molecule has 1 aliphatic heterocycles. The zero-order valence-electron chi connectivity index (χ0n) is 13.8. The van der Waals surface area contributed by atoms with Crippen LogP contribution in [-0.4, -0.2) is 33.4 Å². The summed E-state index contributed by atoms with van der Waals surface area (Å²) < 4.78 is 5.50. The number of ether oxygens (including phenoxy) is 1. The molecule has 25 heavy (non-hydrogen) atoms. The van der Waals surface area contributed by atoms with Gasteiger partial charge in [0.1, 0.15) is 5.75 Å². The molecule has 3 rings (SSSR count). The second-order valence-electron chi connectivity index (χ2n) is 5.61. The molecule has 0 saturated heterocycles. The molecule has 0 fully saturated rings. The third kappa shape index (κ3) is 3.38. The Hall–Kier alpha value is -3.15. The molecule has 1 N–H and O–H groups in total. The van der Waals surface area contributed by atoms with Gasteiger partial charge in [-0.1, -0.05) is 25.1 Å². The van der Waals surface area contributed by atoms with Gasteiger partial charge >= 0.3 is 0 Å². The van der Waals surface area contributed by atoms with Gasteiger partial charge in [0.25, 0.3) is 11.8 Å². The van der Waals surface area contributed by atoms with E-state index in [1.165, 1.54) is 0 Å². The van der Waals surface area contributed by atoms with Crippen LogP contribution in [0.15, 0.2) is 54.4 Å². The lowest BCUT2D eigenvalue weighted by molar-refractivity contribution is -0.138. The van der Waals surface area contributed by atoms with Crippen molar-refractivity contribution in [2.24, 2.45) is 0 Å². The summed E-state index contributed by atoms with van der Waals surface area (Å²) in [6.45, 7) is 2.63. The lowest BCUT2D eigenvalue weighted by Crippen LogP contribution is -2.31. The summed E-state index contributed by atoms with van der Waals surface area (Å²) in [7, 11) is 0. The van der Waals surface area contributed by atoms with Crippen LogP contribution < -0.4 is 4.74 Å². The van der Waals surface area contributed by atoms with Crippen molar-refractivity contribution in [3.63, 3.8) is 0 Å². The first-order valence-corrected chi connectivity index (χ1v) is 8.04. The lowest BCUT2D eigenvalue weighted by Gasteiger charge is -2.13. The summed E-state index contributed by atoms with van der Waals surface area (Å²) in [6, 6.07) is 12.0. The molecule has 2 heterocycles. The van der Waals surface area contributed by atoms with Gasteiger partial charge in [0.2, 0.25) is 0 Å². The molecule has 128 valence electrons. The molecule has 0 aliphatic carbocycles. The Labute approximate surface area is 145 Å². The van der Waals surface area contributed by atoms with Crippen molar-refractivity contribution in [2.75, 3.05) is 6.61 Å². The maximum atomic E-state index is 12.6. The number of pyridine rings is 1. The van der Waals surface area contributed by atoms with Gasteiger partial charge in [-0.2, -0.15) is 0 Å². The monoisotopic (exact) mass is 338 g/mol. The number of hydrogen-bond donors (Lipinski definition) is 1. The van der Waals surface area contributed by atoms with Crippen LogP contribution in [0.25, 0.3) is 5.57 Å². The van der Waals surface area contributed by atoms with Crippen LogP contribution in [0.5, 0.6) is 5.75 Å². The number of carbonyl (C=O) groups excluding carboxylic acids is 2. The van der Waals surface area contributed by atoms with E-state index >= 15 is 0 Å². The lowest BCUT2D eigenvalue weighted by atomic mass is 10.1. The van der Waals surface area contributed by atoms with Gasteiger partial charge in [0.05, 0.1) is 24.4 Å². The van der Waals surface area contributed by atoms with Crippen molar-refractivity contribution in [3.8, 4) is 5.75 Å². The fourth-order valence-electron chi connectivity index (χ4n) is 2.56. The molecule has 1 aliphatic rings. The first kappa shape index (κ1) is 16.7. The predicted molar refractivity (Wildman–Crippen MR) is 91.6 cm³/mol. The highest BCUT2D eigenvalue weighted by Gasteiger charge is 2.39. The third-order valence-corrected chi connectivity index (χ3v) is 3.81. The highest BCUT2D eigenvalue weighted by atomic mass is 16.5. The standard InChI is InChI=1S/C19H18N2O4/c1-2-11-25-15-8-6-13(7-9-15)16-17(22)19(24)21(18(16)23)12-14-5-3-4-10-20-14/h3-10,22H,2,11-12H2,1H3. The number of rotatable bonds is 6. The summed E-state index contributed by atoms with van der Waals surface area (Å²) >= 11 is 0. The molecule has 2 aromatic rings. The van der Waals surface area contributed by atoms with Gasteiger partial charge in [-0.3, -0.25) is 19.5 Å². The predicted octanol–water partition coefficient (Wildman–Crippen LogP) is 2.71. The molecule has 0 spiro atoms. The number of nitrogens with zero attached hydrogens (tertiary/aromatic N) is 2. The van der Waals surface area contributed by atoms with Crippen molar-refractivity contribution >= 4 is 17.4 Å². The molecule has 1 aromatic heterocycles. The van der Waals surface area contributed by atoms with Crippen molar-refractivity contribution < 1.29 is 19.4 Å². The molecule has 0 unspecified atom stereocenters. The van der Waals surface area contributed by atoms with E-state index in [0.29, 0.717) is 23.6 Å². The van der Waals surface area contributed by atoms with E-state index in [0.717, 1.165) is 11.3 Å². The van der Waals surface area contributed by atoms with E-state index in [-0.39, 0.29) is 12.1 Å². The second kappa shape index (κ2) is 7.17. The molecule has 2 amide bonds. The Kier molecular flexibility index (Phi) is 4.79. The molecular weight excluding hydrogens is 320 g/mol. The molecule has 6 nitrogen and oxygen atoms in total. The zero-order chi connectivity index (χ0) is 17.8. The Morgan fingerprint density at radius 3 is 2.48 bits per heavy atom. The minimum Gasteiger partial charge on any atom is -0.502 e. The summed E-state index contributed by atoms with van der Waals surface area (Å²) in [5.74, 6) is -1.11. The molecular formula is C19H18N2O4. The van der Waals surface area contributed by atoms with Crippen LogP contribution in [0.3, 0.4) is 0 Å². The Bertz CT molecular complexity index is 813. The molecule has 0 radical (unpaired) electrons. The summed E-state index contributed by atoms with van der Waals surface area (Å²) in [4.78, 5) is 30.0. The van der Waals surface area contributed by atoms with Crippen LogP contribution >= 0.6 is 0 Å². The van der Waals surface area contributed by atoms with E-state index in [4.69, 9.17) is 4.74 Å². The maximum Gasteiger partial charge on any atom is 0.296 e. The highest BCUT2D eigenvalue weighted by molar-refractivity contribution is 6.34. The van der Waals surface area contributed by atoms with Crippen LogP contribution in [0.2, 0.25) is 0 Å². The van der Waals surface area contributed by atoms with Gasteiger partial charge in [-0.05, 0) is 36.2 Å². The van der Waals surface area contributed by atoms with E-state index in [9.17, 15) is 14.7 Å². The van der Waals surface area contributed by atoms with Crippen LogP contribution in [0.4, 0.5) is 0 Å². The Morgan fingerprint density at radius 2 is 1.84 bits per heavy atom. The van der Waals surface area contributed by atoms with Crippen LogP contribution in [0, 0.1) is 0 Å². The van der Waals surface area contributed by atoms with Crippen molar-refractivity contribution in [1.29, 1.82) is 0 Å². The average Bonchev–Trinajstić information content (AvgIpc) is 2.85. The topological polar surface area (TPSA) is 79.7 Å². The molecule has 6 heteroatoms. The SMILES string of the molecule is CCCOc1ccc(C2=C(O)C(=O)N(Cc3ccccn3)C2=O)cc1. The fraction of sp³-hybridized carbons (Fsp3) is 0.211. The zero-order valence-corrected chi connectivity index (χ0v) is 13.8. The highest BCUT2D eigenvalue weighted by Crippen LogP contribution is 2.30. The number of carbonyl (C=O) groups is 2. The van der Waals surface area contributed by atoms with Crippen LogP contribution in [0.1, 0.15) is 24.6 Å². The number of aromatic nitrogens is 1. The van der Waals surface area contributed by atoms with Gasteiger partial charge in [-0.25, -0.2) is 0 Å². The first-order valence-electron chi connectivity index (χ1n) is 8.04. The largest absolute Gasteiger partial charge is 0.502 e. The Balaban J connectivity index is 1.82. The second-order valence-corrected chi connectivity index (χ2v) is 5.61. The Morgan fingerprint density at radius 1 is 1.08 bits per heavy atom. The van der Waals surface area contributed by atoms with E-state index in [2.05, 4.69) is 4.98 Å². The van der Waals surface area contributed by atoms with Crippen molar-refractivity contribution in [3.05, 3.63) is 65.7 Å². The maximum absolute atomic E-state index is 12.6. The third-order valence-electron chi connectivity index (χ3n) is 3.81. The fourth-order valence-corrected chi connectivity index (χ4v) is 2.56. The number of aliphatic hydroxyl groups excluding tert-OH is 1. The summed E-state index contributed by atoms with van der Waals surface area (Å²) in [6.07, 6.45) is 2.48. The molecule has 0 bridgehead atoms. The number of imide groups is 1. The van der Waals surface area contributed by atoms with E-state index < -0.39 is 17.6 Å². The normalized spacial score (nSPS) is 14.4. The van der Waals surface area contributed by atoms with E-state index in [1.807, 2.05) is 6.92 Å². The first-order chi connectivity index (χ1) is 12.1. The van der Waals surface area contributed by atoms with E-state index in [1.54, 1.807) is 48.7 Å². The average molecular weight is 338 g/mol. The summed E-state index contributed by atoms with van der Waals surface area (Å²) in [5.41, 5.74) is 1.05. The minimum atomic E-state index is -0.711. The van der Waals surface area contributed by atoms with Crippen molar-refractivity contribution in [1.82, 2.24) is 9.88 Å². The van der Waals surface area contributed by atoms with Crippen LogP contribution in [-0.2, 0) is 16.1 Å². The number of amides is 2. The van der Waals surface area contributed by atoms with Gasteiger partial charge in [0, 0.05) is 6.20 Å². The van der Waals surface area contributed by atoms with Gasteiger partial charge < -0.3 is 9.84 Å². The smallest absolute Gasteiger partial charge is 0.296 e. The molecule has 1 aromatic carbocycles. The van der Waals surface area contributed by atoms with Gasteiger partial charge in [0.15, 0.2) is 5.76 Å². The minimum absolute atomic E-state index is 0.00275. The number of aliphatic hydroxyl groups is 1. The quantitative estimate of drug-likeness (QED) is 0.819. The number of benzene rings is 1. The molecule has 0 saturated carbocycles. The van der Waals surface area contributed by atoms with Crippen molar-refractivity contribution in [2.45, 2.75) is 19.9 Å².